The van der Waals surface area contributed by atoms with Gasteiger partial charge in [0, 0.05) is 50.5 Å². The number of benzene rings is 1. The fourth-order valence-corrected chi connectivity index (χ4v) is 3.45. The van der Waals surface area contributed by atoms with E-state index in [1.54, 1.807) is 6.20 Å². The summed E-state index contributed by atoms with van der Waals surface area (Å²) in [6.45, 7) is 12.0. The van der Waals surface area contributed by atoms with Gasteiger partial charge in [-0.1, -0.05) is 37.3 Å². The van der Waals surface area contributed by atoms with Gasteiger partial charge in [0.15, 0.2) is 0 Å². The Balaban J connectivity index is 1.75. The van der Waals surface area contributed by atoms with Gasteiger partial charge in [0.25, 0.3) is 5.91 Å². The Bertz CT molecular complexity index is 739. The summed E-state index contributed by atoms with van der Waals surface area (Å²) >= 11 is 0. The van der Waals surface area contributed by atoms with Crippen molar-refractivity contribution in [1.82, 2.24) is 14.8 Å². The van der Waals surface area contributed by atoms with Crippen LogP contribution in [0.25, 0.3) is 0 Å². The number of nitrogens with zero attached hydrogens (tertiary/aromatic N) is 4. The summed E-state index contributed by atoms with van der Waals surface area (Å²) in [6.07, 6.45) is 1.76. The molecule has 1 saturated heterocycles. The standard InChI is InChI=1S/C22H30N4O/c1-4-24-12-14-25(15-13-24)21-16-20(10-11-23-21)22(27)26(18(2)3)17-19-8-6-5-7-9-19/h5-11,16,18H,4,12-15,17H2,1-3H3. The molecular weight excluding hydrogens is 336 g/mol. The van der Waals surface area contributed by atoms with Crippen molar-refractivity contribution in [2.24, 2.45) is 0 Å². The molecule has 1 aromatic heterocycles. The highest BCUT2D eigenvalue weighted by atomic mass is 16.2. The summed E-state index contributed by atoms with van der Waals surface area (Å²) in [5.41, 5.74) is 1.85. The third-order valence-corrected chi connectivity index (χ3v) is 5.22. The summed E-state index contributed by atoms with van der Waals surface area (Å²) in [4.78, 5) is 24.4. The van der Waals surface area contributed by atoms with Gasteiger partial charge in [0.05, 0.1) is 0 Å². The number of piperazine rings is 1. The molecule has 0 spiro atoms. The molecule has 0 bridgehead atoms. The summed E-state index contributed by atoms with van der Waals surface area (Å²) < 4.78 is 0. The average molecular weight is 367 g/mol. The number of aromatic nitrogens is 1. The van der Waals surface area contributed by atoms with E-state index < -0.39 is 0 Å². The van der Waals surface area contributed by atoms with Crippen molar-refractivity contribution in [3.8, 4) is 0 Å². The number of rotatable bonds is 6. The summed E-state index contributed by atoms with van der Waals surface area (Å²) in [6, 6.07) is 14.1. The lowest BCUT2D eigenvalue weighted by Crippen LogP contribution is -2.46. The van der Waals surface area contributed by atoms with Crippen molar-refractivity contribution in [3.05, 3.63) is 59.8 Å². The molecule has 0 saturated carbocycles. The number of carbonyl (C=O) groups excluding carboxylic acids is 1. The fourth-order valence-electron chi connectivity index (χ4n) is 3.45. The van der Waals surface area contributed by atoms with Crippen LogP contribution in [-0.2, 0) is 6.54 Å². The highest BCUT2D eigenvalue weighted by Gasteiger charge is 2.22. The molecule has 0 N–H and O–H groups in total. The minimum absolute atomic E-state index is 0.0599. The van der Waals surface area contributed by atoms with Gasteiger partial charge in [-0.05, 0) is 38.1 Å². The number of hydrogen-bond acceptors (Lipinski definition) is 4. The topological polar surface area (TPSA) is 39.7 Å². The van der Waals surface area contributed by atoms with E-state index in [1.807, 2.05) is 35.2 Å². The van der Waals surface area contributed by atoms with Crippen LogP contribution in [-0.4, -0.2) is 59.5 Å². The van der Waals surface area contributed by atoms with Crippen molar-refractivity contribution in [2.45, 2.75) is 33.4 Å². The maximum atomic E-state index is 13.2. The number of anilines is 1. The maximum Gasteiger partial charge on any atom is 0.254 e. The molecule has 1 fully saturated rings. The molecule has 1 aliphatic rings. The predicted octanol–water partition coefficient (Wildman–Crippen LogP) is 3.27. The molecule has 1 aliphatic heterocycles. The van der Waals surface area contributed by atoms with Crippen LogP contribution < -0.4 is 4.90 Å². The molecule has 144 valence electrons. The molecule has 2 heterocycles. The average Bonchev–Trinajstić information content (AvgIpc) is 2.72. The Kier molecular flexibility index (Phi) is 6.45. The lowest BCUT2D eigenvalue weighted by molar-refractivity contribution is 0.0690. The van der Waals surface area contributed by atoms with Gasteiger partial charge in [-0.15, -0.1) is 0 Å². The number of likely N-dealkylation sites (N-methyl/N-ethyl adjacent to an activating group) is 1. The molecule has 0 aliphatic carbocycles. The Labute approximate surface area is 162 Å². The lowest BCUT2D eigenvalue weighted by Gasteiger charge is -2.35. The zero-order chi connectivity index (χ0) is 19.2. The summed E-state index contributed by atoms with van der Waals surface area (Å²) in [5, 5.41) is 0. The first kappa shape index (κ1) is 19.4. The van der Waals surface area contributed by atoms with Gasteiger partial charge in [-0.2, -0.15) is 0 Å². The second kappa shape index (κ2) is 9.00. The Hall–Kier alpha value is -2.40. The lowest BCUT2D eigenvalue weighted by atomic mass is 10.1. The normalized spacial score (nSPS) is 15.2. The Morgan fingerprint density at radius 1 is 1.11 bits per heavy atom. The van der Waals surface area contributed by atoms with Crippen LogP contribution in [0.4, 0.5) is 5.82 Å². The minimum Gasteiger partial charge on any atom is -0.354 e. The van der Waals surface area contributed by atoms with Crippen molar-refractivity contribution in [3.63, 3.8) is 0 Å². The highest BCUT2D eigenvalue weighted by molar-refractivity contribution is 5.95. The zero-order valence-corrected chi connectivity index (χ0v) is 16.6. The van der Waals surface area contributed by atoms with Crippen molar-refractivity contribution in [1.29, 1.82) is 0 Å². The molecule has 0 unspecified atom stereocenters. The molecule has 5 nitrogen and oxygen atoms in total. The van der Waals surface area contributed by atoms with Gasteiger partial charge in [-0.3, -0.25) is 4.79 Å². The van der Waals surface area contributed by atoms with E-state index in [4.69, 9.17) is 0 Å². The number of carbonyl (C=O) groups is 1. The molecule has 27 heavy (non-hydrogen) atoms. The van der Waals surface area contributed by atoms with Gasteiger partial charge in [0.1, 0.15) is 5.82 Å². The molecule has 3 rings (SSSR count). The van der Waals surface area contributed by atoms with Crippen LogP contribution >= 0.6 is 0 Å². The SMILES string of the molecule is CCN1CCN(c2cc(C(=O)N(Cc3ccccc3)C(C)C)ccn2)CC1. The molecule has 1 amide bonds. The first-order chi connectivity index (χ1) is 13.1. The summed E-state index contributed by atoms with van der Waals surface area (Å²) in [5.74, 6) is 0.963. The van der Waals surface area contributed by atoms with E-state index in [0.29, 0.717) is 12.1 Å². The third kappa shape index (κ3) is 4.86. The monoisotopic (exact) mass is 366 g/mol. The van der Waals surface area contributed by atoms with E-state index in [-0.39, 0.29) is 11.9 Å². The van der Waals surface area contributed by atoms with Crippen LogP contribution in [0, 0.1) is 0 Å². The molecule has 0 radical (unpaired) electrons. The Morgan fingerprint density at radius 3 is 2.44 bits per heavy atom. The zero-order valence-electron chi connectivity index (χ0n) is 16.6. The smallest absolute Gasteiger partial charge is 0.254 e. The second-order valence-corrected chi connectivity index (χ2v) is 7.34. The van der Waals surface area contributed by atoms with Crippen LogP contribution in [0.5, 0.6) is 0 Å². The number of hydrogen-bond donors (Lipinski definition) is 0. The molecular formula is C22H30N4O. The van der Waals surface area contributed by atoms with Crippen LogP contribution in [0.2, 0.25) is 0 Å². The Morgan fingerprint density at radius 2 is 1.81 bits per heavy atom. The molecule has 1 aromatic carbocycles. The quantitative estimate of drug-likeness (QED) is 0.787. The van der Waals surface area contributed by atoms with Crippen molar-refractivity contribution in [2.75, 3.05) is 37.6 Å². The van der Waals surface area contributed by atoms with E-state index in [0.717, 1.165) is 44.1 Å². The number of amides is 1. The largest absolute Gasteiger partial charge is 0.354 e. The van der Waals surface area contributed by atoms with Gasteiger partial charge >= 0.3 is 0 Å². The predicted molar refractivity (Wildman–Crippen MR) is 110 cm³/mol. The van der Waals surface area contributed by atoms with E-state index >= 15 is 0 Å². The number of pyridine rings is 1. The molecule has 2 aromatic rings. The van der Waals surface area contributed by atoms with E-state index in [2.05, 4.69) is 47.7 Å². The van der Waals surface area contributed by atoms with Crippen LogP contribution in [0.1, 0.15) is 36.7 Å². The maximum absolute atomic E-state index is 13.2. The van der Waals surface area contributed by atoms with Crippen LogP contribution in [0.15, 0.2) is 48.7 Å². The first-order valence-electron chi connectivity index (χ1n) is 9.86. The first-order valence-corrected chi connectivity index (χ1v) is 9.86. The second-order valence-electron chi connectivity index (χ2n) is 7.34. The summed E-state index contributed by atoms with van der Waals surface area (Å²) in [7, 11) is 0. The van der Waals surface area contributed by atoms with Crippen LogP contribution in [0.3, 0.4) is 0 Å². The fraction of sp³-hybridized carbons (Fsp3) is 0.455. The van der Waals surface area contributed by atoms with Gasteiger partial charge in [0.2, 0.25) is 0 Å². The van der Waals surface area contributed by atoms with Gasteiger partial charge < -0.3 is 14.7 Å². The van der Waals surface area contributed by atoms with E-state index in [1.165, 1.54) is 0 Å². The highest BCUT2D eigenvalue weighted by Crippen LogP contribution is 2.18. The molecule has 5 heteroatoms. The van der Waals surface area contributed by atoms with E-state index in [9.17, 15) is 4.79 Å². The van der Waals surface area contributed by atoms with Crippen molar-refractivity contribution < 1.29 is 4.79 Å². The molecule has 0 atom stereocenters. The van der Waals surface area contributed by atoms with Gasteiger partial charge in [-0.25, -0.2) is 4.98 Å². The third-order valence-electron chi connectivity index (χ3n) is 5.22. The van der Waals surface area contributed by atoms with Crippen molar-refractivity contribution >= 4 is 11.7 Å². The minimum atomic E-state index is 0.0599.